The Morgan fingerprint density at radius 1 is 0.842 bits per heavy atom. The first kappa shape index (κ1) is 29.6. The molecule has 7 heteroatoms. The molecule has 208 valence electrons. The number of carbonyl (C=O) groups excluding carboxylic acids is 4. The number of benzene rings is 1. The monoisotopic (exact) mass is 526 g/mol. The fourth-order valence-corrected chi connectivity index (χ4v) is 5.38. The second kappa shape index (κ2) is 10.7. The van der Waals surface area contributed by atoms with E-state index in [9.17, 15) is 19.2 Å². The van der Waals surface area contributed by atoms with Gasteiger partial charge in [-0.2, -0.15) is 0 Å². The summed E-state index contributed by atoms with van der Waals surface area (Å²) in [7, 11) is 0. The quantitative estimate of drug-likeness (QED) is 0.215. The molecule has 0 fully saturated rings. The zero-order chi connectivity index (χ0) is 28.7. The molecule has 2 aliphatic rings. The first-order valence-electron chi connectivity index (χ1n) is 13.6. The standard InChI is InChI=1S/C31H42O7/c1-16(2)11-20-25-21(37-24(33)13-18(5)6)14-19(36-23(32)12-17(3)4)15-22(25)38-28-26(20)27(34)30(7,8)29(35)31(28,9)10/h14-18,20H,11-13H2,1-10H3. The number of hydrogen-bond donors (Lipinski definition) is 0. The highest BCUT2D eigenvalue weighted by Crippen LogP contribution is 2.56. The van der Waals surface area contributed by atoms with Crippen LogP contribution in [0.3, 0.4) is 0 Å². The van der Waals surface area contributed by atoms with Gasteiger partial charge in [-0.15, -0.1) is 0 Å². The van der Waals surface area contributed by atoms with Gasteiger partial charge in [0.2, 0.25) is 0 Å². The van der Waals surface area contributed by atoms with Crippen LogP contribution in [0, 0.1) is 28.6 Å². The van der Waals surface area contributed by atoms with Gasteiger partial charge in [0.15, 0.2) is 11.6 Å². The molecule has 1 atom stereocenters. The fourth-order valence-electron chi connectivity index (χ4n) is 5.38. The molecule has 1 aliphatic heterocycles. The van der Waals surface area contributed by atoms with Crippen LogP contribution >= 0.6 is 0 Å². The zero-order valence-electron chi connectivity index (χ0n) is 24.4. The number of rotatable bonds is 8. The highest BCUT2D eigenvalue weighted by atomic mass is 16.5. The van der Waals surface area contributed by atoms with Crippen molar-refractivity contribution in [2.75, 3.05) is 0 Å². The maximum Gasteiger partial charge on any atom is 0.311 e. The third kappa shape index (κ3) is 5.71. The third-order valence-electron chi connectivity index (χ3n) is 7.06. The van der Waals surface area contributed by atoms with Gasteiger partial charge in [0.25, 0.3) is 0 Å². The van der Waals surface area contributed by atoms with Gasteiger partial charge >= 0.3 is 11.9 Å². The number of ether oxygens (including phenoxy) is 3. The van der Waals surface area contributed by atoms with E-state index in [0.29, 0.717) is 29.1 Å². The molecular formula is C31H42O7. The van der Waals surface area contributed by atoms with Crippen LogP contribution < -0.4 is 14.2 Å². The van der Waals surface area contributed by atoms with E-state index < -0.39 is 28.7 Å². The molecule has 1 aromatic rings. The van der Waals surface area contributed by atoms with Crippen LogP contribution in [0.4, 0.5) is 0 Å². The number of allylic oxidation sites excluding steroid dienone is 2. The van der Waals surface area contributed by atoms with E-state index in [1.807, 2.05) is 27.7 Å². The van der Waals surface area contributed by atoms with Crippen LogP contribution in [0.25, 0.3) is 0 Å². The Kier molecular flexibility index (Phi) is 8.30. The van der Waals surface area contributed by atoms with Crippen molar-refractivity contribution in [1.29, 1.82) is 0 Å². The van der Waals surface area contributed by atoms with Crippen LogP contribution in [0.1, 0.15) is 100.0 Å². The summed E-state index contributed by atoms with van der Waals surface area (Å²) < 4.78 is 17.8. The minimum atomic E-state index is -1.22. The summed E-state index contributed by atoms with van der Waals surface area (Å²) in [6, 6.07) is 3.13. The lowest BCUT2D eigenvalue weighted by Gasteiger charge is -2.45. The number of hydrogen-bond acceptors (Lipinski definition) is 7. The number of carbonyl (C=O) groups is 4. The lowest BCUT2D eigenvalue weighted by molar-refractivity contribution is -0.144. The first-order valence-corrected chi connectivity index (χ1v) is 13.6. The van der Waals surface area contributed by atoms with E-state index in [2.05, 4.69) is 13.8 Å². The topological polar surface area (TPSA) is 96.0 Å². The minimum Gasteiger partial charge on any atom is -0.460 e. The summed E-state index contributed by atoms with van der Waals surface area (Å²) >= 11 is 0. The molecule has 0 bridgehead atoms. The van der Waals surface area contributed by atoms with Crippen molar-refractivity contribution in [3.8, 4) is 17.2 Å². The lowest BCUT2D eigenvalue weighted by atomic mass is 9.60. The van der Waals surface area contributed by atoms with Crippen molar-refractivity contribution in [3.63, 3.8) is 0 Å². The maximum atomic E-state index is 13.8. The lowest BCUT2D eigenvalue weighted by Crippen LogP contribution is -2.51. The smallest absolute Gasteiger partial charge is 0.311 e. The molecule has 1 aromatic carbocycles. The van der Waals surface area contributed by atoms with E-state index in [-0.39, 0.29) is 53.7 Å². The van der Waals surface area contributed by atoms with Crippen molar-refractivity contribution in [1.82, 2.24) is 0 Å². The molecule has 38 heavy (non-hydrogen) atoms. The highest BCUT2D eigenvalue weighted by Gasteiger charge is 2.57. The Morgan fingerprint density at radius 2 is 1.39 bits per heavy atom. The SMILES string of the molecule is CC(C)CC(=O)Oc1cc(OC(=O)CC(C)C)c2c(c1)OC1=C(C(=O)C(C)(C)C(=O)C1(C)C)C2CC(C)C. The Labute approximate surface area is 226 Å². The number of ketones is 2. The van der Waals surface area contributed by atoms with Gasteiger partial charge in [-0.25, -0.2) is 0 Å². The van der Waals surface area contributed by atoms with Gasteiger partial charge < -0.3 is 14.2 Å². The van der Waals surface area contributed by atoms with Crippen molar-refractivity contribution in [3.05, 3.63) is 29.0 Å². The van der Waals surface area contributed by atoms with Crippen LogP contribution in [-0.2, 0) is 19.2 Å². The van der Waals surface area contributed by atoms with Crippen LogP contribution in [0.15, 0.2) is 23.5 Å². The third-order valence-corrected chi connectivity index (χ3v) is 7.06. The Morgan fingerprint density at radius 3 is 1.92 bits per heavy atom. The second-order valence-electron chi connectivity index (χ2n) is 12.9. The molecule has 0 saturated carbocycles. The Balaban J connectivity index is 2.25. The van der Waals surface area contributed by atoms with Gasteiger partial charge in [-0.05, 0) is 51.9 Å². The Bertz CT molecular complexity index is 1180. The summed E-state index contributed by atoms with van der Waals surface area (Å²) in [6.07, 6.45) is 0.989. The largest absolute Gasteiger partial charge is 0.460 e. The molecule has 7 nitrogen and oxygen atoms in total. The fraction of sp³-hybridized carbons (Fsp3) is 0.613. The van der Waals surface area contributed by atoms with Crippen molar-refractivity contribution < 1.29 is 33.4 Å². The van der Waals surface area contributed by atoms with Gasteiger partial charge in [-0.1, -0.05) is 41.5 Å². The van der Waals surface area contributed by atoms with Gasteiger partial charge in [0.05, 0.1) is 10.8 Å². The minimum absolute atomic E-state index is 0.0786. The molecule has 0 N–H and O–H groups in total. The maximum absolute atomic E-state index is 13.8. The van der Waals surface area contributed by atoms with Crippen molar-refractivity contribution in [2.24, 2.45) is 28.6 Å². The van der Waals surface area contributed by atoms with Crippen LogP contribution in [0.5, 0.6) is 17.2 Å². The van der Waals surface area contributed by atoms with E-state index in [1.165, 1.54) is 6.07 Å². The molecular weight excluding hydrogens is 484 g/mol. The Hall–Kier alpha value is -2.96. The number of Topliss-reactive ketones (excluding diaryl/α,β-unsaturated/α-hetero) is 2. The molecule has 0 radical (unpaired) electrons. The molecule has 0 saturated heterocycles. The van der Waals surface area contributed by atoms with E-state index >= 15 is 0 Å². The van der Waals surface area contributed by atoms with E-state index in [4.69, 9.17) is 14.2 Å². The van der Waals surface area contributed by atoms with E-state index in [1.54, 1.807) is 33.8 Å². The summed E-state index contributed by atoms with van der Waals surface area (Å²) in [5, 5.41) is 0. The zero-order valence-corrected chi connectivity index (χ0v) is 24.4. The average molecular weight is 527 g/mol. The number of fused-ring (bicyclic) bond motifs is 1. The van der Waals surface area contributed by atoms with Gasteiger partial charge in [-0.3, -0.25) is 19.2 Å². The van der Waals surface area contributed by atoms with Gasteiger partial charge in [0.1, 0.15) is 23.0 Å². The average Bonchev–Trinajstić information content (AvgIpc) is 2.75. The summed E-state index contributed by atoms with van der Waals surface area (Å²) in [5.74, 6) is -0.418. The van der Waals surface area contributed by atoms with E-state index in [0.717, 1.165) is 0 Å². The predicted octanol–water partition coefficient (Wildman–Crippen LogP) is 6.57. The highest BCUT2D eigenvalue weighted by molar-refractivity contribution is 6.20. The molecule has 1 unspecified atom stereocenters. The summed E-state index contributed by atoms with van der Waals surface area (Å²) in [5.41, 5.74) is -1.27. The number of esters is 2. The summed E-state index contributed by atoms with van der Waals surface area (Å²) in [6.45, 7) is 18.6. The molecule has 0 spiro atoms. The van der Waals surface area contributed by atoms with Crippen LogP contribution in [-0.4, -0.2) is 23.5 Å². The van der Waals surface area contributed by atoms with Crippen molar-refractivity contribution in [2.45, 2.75) is 94.4 Å². The van der Waals surface area contributed by atoms with Crippen molar-refractivity contribution >= 4 is 23.5 Å². The molecule has 3 rings (SSSR count). The molecule has 0 amide bonds. The predicted molar refractivity (Wildman–Crippen MR) is 144 cm³/mol. The van der Waals surface area contributed by atoms with Gasteiger partial charge in [0, 0.05) is 42.0 Å². The summed E-state index contributed by atoms with van der Waals surface area (Å²) in [4.78, 5) is 52.6. The molecule has 1 aliphatic carbocycles. The first-order chi connectivity index (χ1) is 17.5. The molecule has 1 heterocycles. The second-order valence-corrected chi connectivity index (χ2v) is 12.9. The van der Waals surface area contributed by atoms with Crippen LogP contribution in [0.2, 0.25) is 0 Å². The normalized spacial score (nSPS) is 19.9. The molecule has 0 aromatic heterocycles.